The predicted molar refractivity (Wildman–Crippen MR) is 88.4 cm³/mol. The molecule has 1 fully saturated rings. The number of benzene rings is 1. The summed E-state index contributed by atoms with van der Waals surface area (Å²) in [5.74, 6) is -0.873. The van der Waals surface area contributed by atoms with E-state index in [1.165, 1.54) is 12.3 Å². The lowest BCUT2D eigenvalue weighted by molar-refractivity contribution is -0.117. The Balaban J connectivity index is 1.59. The van der Waals surface area contributed by atoms with E-state index in [9.17, 15) is 14.4 Å². The van der Waals surface area contributed by atoms with Gasteiger partial charge in [0.25, 0.3) is 0 Å². The van der Waals surface area contributed by atoms with Crippen molar-refractivity contribution >= 4 is 34.9 Å². The smallest absolute Gasteiger partial charge is 0.355 e. The van der Waals surface area contributed by atoms with E-state index in [4.69, 9.17) is 16.3 Å². The molecule has 2 heterocycles. The maximum absolute atomic E-state index is 12.1. The number of hydrogen-bond donors (Lipinski definition) is 1. The number of carbonyl (C=O) groups excluding carboxylic acids is 3. The molecule has 124 valence electrons. The molecular formula is C17H15ClN2O4. The highest BCUT2D eigenvalue weighted by atomic mass is 35.5. The average molecular weight is 347 g/mol. The van der Waals surface area contributed by atoms with E-state index in [0.29, 0.717) is 23.6 Å². The number of aromatic nitrogens is 1. The Hall–Kier alpha value is -2.60. The third-order valence-corrected chi connectivity index (χ3v) is 3.99. The summed E-state index contributed by atoms with van der Waals surface area (Å²) in [5, 5.41) is 0.389. The first-order valence-corrected chi connectivity index (χ1v) is 7.87. The molecule has 1 aliphatic rings. The third kappa shape index (κ3) is 3.49. The summed E-state index contributed by atoms with van der Waals surface area (Å²) in [6, 6.07) is 8.13. The molecule has 1 N–H and O–H groups in total. The molecule has 7 heteroatoms. The van der Waals surface area contributed by atoms with Crippen LogP contribution >= 0.6 is 11.6 Å². The molecule has 24 heavy (non-hydrogen) atoms. The van der Waals surface area contributed by atoms with Gasteiger partial charge in [0.15, 0.2) is 12.4 Å². The minimum atomic E-state index is -0.644. The Morgan fingerprint density at radius 3 is 2.58 bits per heavy atom. The molecule has 0 unspecified atom stereocenters. The van der Waals surface area contributed by atoms with E-state index in [-0.39, 0.29) is 24.0 Å². The fourth-order valence-electron chi connectivity index (χ4n) is 2.53. The van der Waals surface area contributed by atoms with Crippen LogP contribution in [0, 0.1) is 0 Å². The number of rotatable bonds is 5. The Labute approximate surface area is 143 Å². The summed E-state index contributed by atoms with van der Waals surface area (Å²) >= 11 is 5.71. The number of nitrogens with one attached hydrogen (secondary N) is 1. The van der Waals surface area contributed by atoms with E-state index >= 15 is 0 Å². The highest BCUT2D eigenvalue weighted by molar-refractivity contribution is 6.30. The second kappa shape index (κ2) is 6.88. The minimum absolute atomic E-state index is 0.0904. The number of anilines is 1. The van der Waals surface area contributed by atoms with E-state index in [1.807, 2.05) is 0 Å². The fourth-order valence-corrected chi connectivity index (χ4v) is 2.69. The molecule has 0 radical (unpaired) electrons. The second-order valence-corrected chi connectivity index (χ2v) is 5.86. The molecule has 1 amide bonds. The van der Waals surface area contributed by atoms with Gasteiger partial charge in [0, 0.05) is 30.4 Å². The second-order valence-electron chi connectivity index (χ2n) is 5.43. The number of amides is 1. The van der Waals surface area contributed by atoms with E-state index < -0.39 is 5.97 Å². The molecule has 2 aromatic rings. The number of carbonyl (C=O) groups is 3. The van der Waals surface area contributed by atoms with Gasteiger partial charge in [0.2, 0.25) is 5.91 Å². The number of hydrogen-bond acceptors (Lipinski definition) is 4. The van der Waals surface area contributed by atoms with Crippen LogP contribution in [0.25, 0.3) is 0 Å². The van der Waals surface area contributed by atoms with E-state index in [0.717, 1.165) is 12.1 Å². The zero-order valence-corrected chi connectivity index (χ0v) is 13.5. The van der Waals surface area contributed by atoms with Gasteiger partial charge < -0.3 is 14.6 Å². The Kier molecular flexibility index (Phi) is 4.66. The molecule has 1 aromatic carbocycles. The van der Waals surface area contributed by atoms with Crippen molar-refractivity contribution in [1.29, 1.82) is 0 Å². The van der Waals surface area contributed by atoms with Gasteiger partial charge in [0.1, 0.15) is 5.69 Å². The van der Waals surface area contributed by atoms with Crippen molar-refractivity contribution in [3.63, 3.8) is 0 Å². The van der Waals surface area contributed by atoms with Crippen LogP contribution in [0.3, 0.4) is 0 Å². The predicted octanol–water partition coefficient (Wildman–Crippen LogP) is 2.83. The SMILES string of the molecule is O=C(COC(=O)c1cc(Cl)c[nH]1)c1ccc(N2CCCC2=O)cc1. The molecule has 1 saturated heterocycles. The summed E-state index contributed by atoms with van der Waals surface area (Å²) in [6.45, 7) is 0.333. The third-order valence-electron chi connectivity index (χ3n) is 3.78. The van der Waals surface area contributed by atoms with Crippen molar-refractivity contribution < 1.29 is 19.1 Å². The number of ketones is 1. The van der Waals surface area contributed by atoms with Gasteiger partial charge in [-0.3, -0.25) is 9.59 Å². The maximum atomic E-state index is 12.1. The number of esters is 1. The van der Waals surface area contributed by atoms with E-state index in [1.54, 1.807) is 29.2 Å². The zero-order chi connectivity index (χ0) is 17.1. The van der Waals surface area contributed by atoms with Gasteiger partial charge in [-0.25, -0.2) is 4.79 Å². The molecule has 0 aliphatic carbocycles. The first-order chi connectivity index (χ1) is 11.5. The Morgan fingerprint density at radius 2 is 2.00 bits per heavy atom. The van der Waals surface area contributed by atoms with Crippen LogP contribution in [0.5, 0.6) is 0 Å². The normalized spacial score (nSPS) is 14.0. The molecule has 3 rings (SSSR count). The van der Waals surface area contributed by atoms with Crippen molar-refractivity contribution in [2.75, 3.05) is 18.1 Å². The van der Waals surface area contributed by atoms with Crippen molar-refractivity contribution in [1.82, 2.24) is 4.98 Å². The molecule has 0 bridgehead atoms. The van der Waals surface area contributed by atoms with Gasteiger partial charge in [-0.2, -0.15) is 0 Å². The molecule has 0 atom stereocenters. The average Bonchev–Trinajstić information content (AvgIpc) is 3.21. The van der Waals surface area contributed by atoms with Crippen LogP contribution in [0.2, 0.25) is 5.02 Å². The summed E-state index contributed by atoms with van der Waals surface area (Å²) in [4.78, 5) is 39.9. The van der Waals surface area contributed by atoms with Gasteiger partial charge >= 0.3 is 5.97 Å². The van der Waals surface area contributed by atoms with E-state index in [2.05, 4.69) is 4.98 Å². The van der Waals surface area contributed by atoms with Gasteiger partial charge in [-0.15, -0.1) is 0 Å². The van der Waals surface area contributed by atoms with Crippen LogP contribution in [-0.2, 0) is 9.53 Å². The summed E-state index contributed by atoms with van der Waals surface area (Å²) in [5.41, 5.74) is 1.38. The number of ether oxygens (including phenoxy) is 1. The van der Waals surface area contributed by atoms with Gasteiger partial charge in [-0.05, 0) is 36.8 Å². The lowest BCUT2D eigenvalue weighted by atomic mass is 10.1. The zero-order valence-electron chi connectivity index (χ0n) is 12.8. The van der Waals surface area contributed by atoms with Crippen molar-refractivity contribution in [2.45, 2.75) is 12.8 Å². The summed E-state index contributed by atoms with van der Waals surface area (Å²) < 4.78 is 4.96. The topological polar surface area (TPSA) is 79.5 Å². The summed E-state index contributed by atoms with van der Waals surface area (Å²) in [7, 11) is 0. The molecule has 1 aromatic heterocycles. The Morgan fingerprint density at radius 1 is 1.25 bits per heavy atom. The quantitative estimate of drug-likeness (QED) is 0.667. The number of Topliss-reactive ketones (excluding diaryl/α,β-unsaturated/α-hetero) is 1. The summed E-state index contributed by atoms with van der Waals surface area (Å²) in [6.07, 6.45) is 2.86. The first-order valence-electron chi connectivity index (χ1n) is 7.49. The van der Waals surface area contributed by atoms with Gasteiger partial charge in [-0.1, -0.05) is 11.6 Å². The largest absolute Gasteiger partial charge is 0.453 e. The number of halogens is 1. The van der Waals surface area contributed by atoms with Crippen LogP contribution in [-0.4, -0.2) is 35.8 Å². The maximum Gasteiger partial charge on any atom is 0.355 e. The van der Waals surface area contributed by atoms with Crippen LogP contribution < -0.4 is 4.90 Å². The lowest BCUT2D eigenvalue weighted by Gasteiger charge is -2.15. The lowest BCUT2D eigenvalue weighted by Crippen LogP contribution is -2.23. The number of aromatic amines is 1. The highest BCUT2D eigenvalue weighted by Crippen LogP contribution is 2.21. The van der Waals surface area contributed by atoms with Crippen LogP contribution in [0.1, 0.15) is 33.7 Å². The van der Waals surface area contributed by atoms with Crippen molar-refractivity contribution in [3.8, 4) is 0 Å². The molecular weight excluding hydrogens is 332 g/mol. The van der Waals surface area contributed by atoms with Crippen molar-refractivity contribution in [2.24, 2.45) is 0 Å². The standard InChI is InChI=1S/C17H15ClN2O4/c18-12-8-14(19-9-12)17(23)24-10-15(21)11-3-5-13(6-4-11)20-7-1-2-16(20)22/h3-6,8-9,19H,1-2,7,10H2. The molecule has 0 spiro atoms. The molecule has 0 saturated carbocycles. The van der Waals surface area contributed by atoms with Crippen LogP contribution in [0.15, 0.2) is 36.5 Å². The van der Waals surface area contributed by atoms with Gasteiger partial charge in [0.05, 0.1) is 5.02 Å². The van der Waals surface area contributed by atoms with Crippen molar-refractivity contribution in [3.05, 3.63) is 52.8 Å². The highest BCUT2D eigenvalue weighted by Gasteiger charge is 2.21. The Bertz CT molecular complexity index is 782. The monoisotopic (exact) mass is 346 g/mol. The van der Waals surface area contributed by atoms with Crippen LogP contribution in [0.4, 0.5) is 5.69 Å². The minimum Gasteiger partial charge on any atom is -0.453 e. The fraction of sp³-hybridized carbons (Fsp3) is 0.235. The molecule has 6 nitrogen and oxygen atoms in total. The number of H-pyrrole nitrogens is 1. The first kappa shape index (κ1) is 16.3. The number of nitrogens with zero attached hydrogens (tertiary/aromatic N) is 1. The molecule has 1 aliphatic heterocycles.